The zero-order valence-corrected chi connectivity index (χ0v) is 11.9. The Bertz CT molecular complexity index is 649. The first-order valence-corrected chi connectivity index (χ1v) is 6.75. The maximum atomic E-state index is 14.4. The number of alkyl halides is 1. The summed E-state index contributed by atoms with van der Waals surface area (Å²) in [5, 5.41) is 9.35. The van der Waals surface area contributed by atoms with Crippen LogP contribution >= 0.6 is 15.9 Å². The molecule has 0 unspecified atom stereocenters. The topological polar surface area (TPSA) is 33.0 Å². The zero-order valence-electron chi connectivity index (χ0n) is 10.3. The van der Waals surface area contributed by atoms with Crippen LogP contribution in [0.3, 0.4) is 0 Å². The number of methoxy groups -OCH3 is 1. The van der Waals surface area contributed by atoms with Crippen LogP contribution in [0, 0.1) is 17.1 Å². The van der Waals surface area contributed by atoms with Gasteiger partial charge in [0.25, 0.3) is 0 Å². The van der Waals surface area contributed by atoms with E-state index in [-0.39, 0.29) is 5.82 Å². The van der Waals surface area contributed by atoms with Crippen molar-refractivity contribution in [3.05, 3.63) is 53.3 Å². The van der Waals surface area contributed by atoms with Gasteiger partial charge in [0.1, 0.15) is 11.6 Å². The van der Waals surface area contributed by atoms with E-state index in [2.05, 4.69) is 22.0 Å². The van der Waals surface area contributed by atoms with Crippen LogP contribution in [0.25, 0.3) is 11.1 Å². The van der Waals surface area contributed by atoms with Gasteiger partial charge >= 0.3 is 0 Å². The maximum Gasteiger partial charge on any atom is 0.138 e. The molecule has 0 amide bonds. The summed E-state index contributed by atoms with van der Waals surface area (Å²) in [6.07, 6.45) is 0. The standard InChI is InChI=1S/C15H11BrFNO/c1-19-13-6-5-12(8-16)15(17)14(13)11-4-2-3-10(7-11)9-18/h2-7H,8H2,1H3. The summed E-state index contributed by atoms with van der Waals surface area (Å²) in [7, 11) is 1.50. The molecule has 0 bridgehead atoms. The van der Waals surface area contributed by atoms with Crippen molar-refractivity contribution in [1.82, 2.24) is 0 Å². The van der Waals surface area contributed by atoms with E-state index < -0.39 is 0 Å². The molecular weight excluding hydrogens is 309 g/mol. The number of ether oxygens (including phenoxy) is 1. The molecule has 2 nitrogen and oxygen atoms in total. The summed E-state index contributed by atoms with van der Waals surface area (Å²) in [6, 6.07) is 12.3. The van der Waals surface area contributed by atoms with Crippen LogP contribution < -0.4 is 4.74 Å². The van der Waals surface area contributed by atoms with E-state index in [4.69, 9.17) is 10.00 Å². The van der Waals surface area contributed by atoms with Crippen molar-refractivity contribution in [2.75, 3.05) is 7.11 Å². The van der Waals surface area contributed by atoms with Gasteiger partial charge in [0.15, 0.2) is 0 Å². The lowest BCUT2D eigenvalue weighted by Gasteiger charge is -2.12. The monoisotopic (exact) mass is 319 g/mol. The molecule has 2 aromatic carbocycles. The molecule has 4 heteroatoms. The average Bonchev–Trinajstić information content (AvgIpc) is 2.46. The van der Waals surface area contributed by atoms with Crippen LogP contribution in [-0.2, 0) is 5.33 Å². The fourth-order valence-electron chi connectivity index (χ4n) is 1.89. The van der Waals surface area contributed by atoms with Gasteiger partial charge in [0.2, 0.25) is 0 Å². The van der Waals surface area contributed by atoms with E-state index >= 15 is 0 Å². The van der Waals surface area contributed by atoms with Crippen molar-refractivity contribution in [2.24, 2.45) is 0 Å². The highest BCUT2D eigenvalue weighted by Gasteiger charge is 2.15. The van der Waals surface area contributed by atoms with Crippen molar-refractivity contribution < 1.29 is 9.13 Å². The van der Waals surface area contributed by atoms with Crippen LogP contribution in [0.1, 0.15) is 11.1 Å². The summed E-state index contributed by atoms with van der Waals surface area (Å²) in [4.78, 5) is 0. The predicted molar refractivity (Wildman–Crippen MR) is 75.7 cm³/mol. The lowest BCUT2D eigenvalue weighted by Crippen LogP contribution is -1.96. The molecule has 0 N–H and O–H groups in total. The highest BCUT2D eigenvalue weighted by molar-refractivity contribution is 9.08. The number of hydrogen-bond donors (Lipinski definition) is 0. The molecule has 0 aliphatic carbocycles. The van der Waals surface area contributed by atoms with Crippen LogP contribution in [0.5, 0.6) is 5.75 Å². The van der Waals surface area contributed by atoms with Gasteiger partial charge in [-0.05, 0) is 29.3 Å². The number of benzene rings is 2. The highest BCUT2D eigenvalue weighted by Crippen LogP contribution is 2.35. The molecule has 0 aliphatic heterocycles. The van der Waals surface area contributed by atoms with Crippen molar-refractivity contribution in [3.63, 3.8) is 0 Å². The molecule has 2 rings (SSSR count). The minimum atomic E-state index is -0.327. The van der Waals surface area contributed by atoms with Gasteiger partial charge in [-0.2, -0.15) is 5.26 Å². The van der Waals surface area contributed by atoms with Crippen LogP contribution in [-0.4, -0.2) is 7.11 Å². The van der Waals surface area contributed by atoms with Crippen LogP contribution in [0.2, 0.25) is 0 Å². The number of nitrogens with zero attached hydrogens (tertiary/aromatic N) is 1. The molecule has 0 aromatic heterocycles. The Kier molecular flexibility index (Phi) is 4.18. The van der Waals surface area contributed by atoms with Gasteiger partial charge in [-0.25, -0.2) is 4.39 Å². The minimum absolute atomic E-state index is 0.327. The Balaban J connectivity index is 2.69. The van der Waals surface area contributed by atoms with Gasteiger partial charge in [-0.15, -0.1) is 0 Å². The van der Waals surface area contributed by atoms with Crippen molar-refractivity contribution in [2.45, 2.75) is 5.33 Å². The van der Waals surface area contributed by atoms with E-state index in [1.54, 1.807) is 36.4 Å². The van der Waals surface area contributed by atoms with Crippen molar-refractivity contribution >= 4 is 15.9 Å². The number of hydrogen-bond acceptors (Lipinski definition) is 2. The Morgan fingerprint density at radius 1 is 1.32 bits per heavy atom. The molecule has 0 aliphatic rings. The molecule has 0 fully saturated rings. The zero-order chi connectivity index (χ0) is 13.8. The Morgan fingerprint density at radius 2 is 2.11 bits per heavy atom. The SMILES string of the molecule is COc1ccc(CBr)c(F)c1-c1cccc(C#N)c1. The Labute approximate surface area is 119 Å². The largest absolute Gasteiger partial charge is 0.496 e. The molecule has 0 saturated heterocycles. The number of rotatable bonds is 3. The lowest BCUT2D eigenvalue weighted by molar-refractivity contribution is 0.413. The molecule has 19 heavy (non-hydrogen) atoms. The van der Waals surface area contributed by atoms with Gasteiger partial charge in [-0.1, -0.05) is 34.1 Å². The highest BCUT2D eigenvalue weighted by atomic mass is 79.9. The smallest absolute Gasteiger partial charge is 0.138 e. The fraction of sp³-hybridized carbons (Fsp3) is 0.133. The quantitative estimate of drug-likeness (QED) is 0.791. The van der Waals surface area contributed by atoms with E-state index in [9.17, 15) is 4.39 Å². The molecule has 96 valence electrons. The first-order valence-electron chi connectivity index (χ1n) is 5.63. The second kappa shape index (κ2) is 5.85. The van der Waals surface area contributed by atoms with E-state index in [0.29, 0.717) is 33.3 Å². The van der Waals surface area contributed by atoms with Crippen LogP contribution in [0.4, 0.5) is 4.39 Å². The molecule has 0 saturated carbocycles. The van der Waals surface area contributed by atoms with E-state index in [1.165, 1.54) is 7.11 Å². The van der Waals surface area contributed by atoms with Gasteiger partial charge in [-0.3, -0.25) is 0 Å². The fourth-order valence-corrected chi connectivity index (χ4v) is 2.32. The number of halogens is 2. The number of nitriles is 1. The summed E-state index contributed by atoms with van der Waals surface area (Å²) in [5.74, 6) is 0.128. The molecule has 0 atom stereocenters. The van der Waals surface area contributed by atoms with E-state index in [1.807, 2.05) is 0 Å². The molecule has 2 aromatic rings. The molecule has 0 heterocycles. The minimum Gasteiger partial charge on any atom is -0.496 e. The normalized spacial score (nSPS) is 10.0. The van der Waals surface area contributed by atoms with Gasteiger partial charge in [0.05, 0.1) is 24.3 Å². The summed E-state index contributed by atoms with van der Waals surface area (Å²) in [5.41, 5.74) is 2.06. The summed E-state index contributed by atoms with van der Waals surface area (Å²) < 4.78 is 19.7. The molecule has 0 radical (unpaired) electrons. The second-order valence-corrected chi connectivity index (χ2v) is 4.50. The lowest BCUT2D eigenvalue weighted by atomic mass is 9.99. The first kappa shape index (κ1) is 13.6. The maximum absolute atomic E-state index is 14.4. The van der Waals surface area contributed by atoms with E-state index in [0.717, 1.165) is 0 Å². The first-order chi connectivity index (χ1) is 9.21. The summed E-state index contributed by atoms with van der Waals surface area (Å²) >= 11 is 3.26. The van der Waals surface area contributed by atoms with Crippen molar-refractivity contribution in [3.8, 4) is 22.9 Å². The molecule has 0 spiro atoms. The average molecular weight is 320 g/mol. The Morgan fingerprint density at radius 3 is 2.74 bits per heavy atom. The third-order valence-electron chi connectivity index (χ3n) is 2.83. The predicted octanol–water partition coefficient (Wildman–Crippen LogP) is 4.27. The van der Waals surface area contributed by atoms with Gasteiger partial charge in [0, 0.05) is 5.33 Å². The third-order valence-corrected chi connectivity index (χ3v) is 3.43. The molecular formula is C15H11BrFNO. The van der Waals surface area contributed by atoms with Crippen LogP contribution in [0.15, 0.2) is 36.4 Å². The van der Waals surface area contributed by atoms with Crippen molar-refractivity contribution in [1.29, 1.82) is 5.26 Å². The third kappa shape index (κ3) is 2.61. The summed E-state index contributed by atoms with van der Waals surface area (Å²) in [6.45, 7) is 0. The second-order valence-electron chi connectivity index (χ2n) is 3.94. The van der Waals surface area contributed by atoms with Gasteiger partial charge < -0.3 is 4.74 Å². The Hall–Kier alpha value is -1.86.